The van der Waals surface area contributed by atoms with Crippen LogP contribution in [0.3, 0.4) is 0 Å². The third-order valence-corrected chi connectivity index (χ3v) is 4.83. The van der Waals surface area contributed by atoms with Gasteiger partial charge in [0.15, 0.2) is 5.76 Å². The third kappa shape index (κ3) is 3.94. The molecule has 0 saturated carbocycles. The first-order valence-corrected chi connectivity index (χ1v) is 9.77. The molecule has 3 rings (SSSR count). The van der Waals surface area contributed by atoms with E-state index in [1.165, 1.54) is 17.0 Å². The lowest BCUT2D eigenvalue weighted by Gasteiger charge is -2.32. The molecule has 0 saturated heterocycles. The minimum Gasteiger partial charge on any atom is -0.481 e. The fourth-order valence-corrected chi connectivity index (χ4v) is 3.32. The Labute approximate surface area is 150 Å². The van der Waals surface area contributed by atoms with Crippen LogP contribution in [0.15, 0.2) is 40.8 Å². The van der Waals surface area contributed by atoms with Crippen LogP contribution in [-0.4, -0.2) is 43.1 Å². The number of nitrogens with one attached hydrogen (secondary N) is 1. The summed E-state index contributed by atoms with van der Waals surface area (Å²) in [5.74, 6) is -1.89. The van der Waals surface area contributed by atoms with Crippen LogP contribution in [-0.2, 0) is 27.9 Å². The van der Waals surface area contributed by atoms with Gasteiger partial charge >= 0.3 is 5.97 Å². The number of hydrogen-bond donors (Lipinski definition) is 2. The number of hydrogen-bond acceptors (Lipinski definition) is 5. The Morgan fingerprint density at radius 3 is 2.69 bits per heavy atom. The zero-order valence-corrected chi connectivity index (χ0v) is 14.8. The first-order chi connectivity index (χ1) is 12.2. The van der Waals surface area contributed by atoms with E-state index in [2.05, 4.69) is 4.72 Å². The highest BCUT2D eigenvalue weighted by Gasteiger charge is 2.33. The zero-order valence-electron chi connectivity index (χ0n) is 14.0. The normalized spacial score (nSPS) is 17.0. The lowest BCUT2D eigenvalue weighted by molar-refractivity contribution is -0.139. The largest absolute Gasteiger partial charge is 0.481 e. The zero-order chi connectivity index (χ0) is 18.9. The Balaban J connectivity index is 1.78. The Hall–Kier alpha value is -2.65. The van der Waals surface area contributed by atoms with Gasteiger partial charge in [-0.1, -0.05) is 24.3 Å². The fourth-order valence-electron chi connectivity index (χ4n) is 2.92. The van der Waals surface area contributed by atoms with Gasteiger partial charge in [-0.25, -0.2) is 13.1 Å². The molecule has 1 aliphatic heterocycles. The number of carboxylic acid groups (broad SMARTS) is 1. The molecule has 0 spiro atoms. The van der Waals surface area contributed by atoms with Crippen molar-refractivity contribution in [3.05, 3.63) is 59.0 Å². The van der Waals surface area contributed by atoms with E-state index in [9.17, 15) is 23.1 Å². The third-order valence-electron chi connectivity index (χ3n) is 4.16. The minimum absolute atomic E-state index is 0.0406. The van der Waals surface area contributed by atoms with Crippen molar-refractivity contribution in [1.82, 2.24) is 9.62 Å². The van der Waals surface area contributed by atoms with Gasteiger partial charge in [-0.2, -0.15) is 0 Å². The average molecular weight is 378 g/mol. The van der Waals surface area contributed by atoms with E-state index in [4.69, 9.17) is 4.42 Å². The number of benzene rings is 1. The molecule has 1 unspecified atom stereocenters. The number of carbonyl (C=O) groups is 2. The van der Waals surface area contributed by atoms with Crippen molar-refractivity contribution in [1.29, 1.82) is 0 Å². The Morgan fingerprint density at radius 1 is 1.27 bits per heavy atom. The SMILES string of the molecule is CS(=O)(=O)NCc1ccc(C(=O)N2Cc3ccccc3C(C(=O)O)C2)o1. The number of carboxylic acids is 1. The maximum atomic E-state index is 12.7. The summed E-state index contributed by atoms with van der Waals surface area (Å²) in [6, 6.07) is 10.1. The highest BCUT2D eigenvalue weighted by molar-refractivity contribution is 7.88. The van der Waals surface area contributed by atoms with Crippen LogP contribution < -0.4 is 4.72 Å². The van der Waals surface area contributed by atoms with Crippen LogP contribution in [0.1, 0.15) is 33.4 Å². The van der Waals surface area contributed by atoms with Crippen LogP contribution in [0.25, 0.3) is 0 Å². The molecule has 2 N–H and O–H groups in total. The van der Waals surface area contributed by atoms with Gasteiger partial charge in [-0.3, -0.25) is 9.59 Å². The topological polar surface area (TPSA) is 117 Å². The van der Waals surface area contributed by atoms with Crippen molar-refractivity contribution in [3.8, 4) is 0 Å². The second-order valence-corrected chi connectivity index (χ2v) is 7.97. The summed E-state index contributed by atoms with van der Waals surface area (Å²) in [6.07, 6.45) is 1.03. The summed E-state index contributed by atoms with van der Waals surface area (Å²) in [7, 11) is -3.37. The molecule has 1 aromatic heterocycles. The summed E-state index contributed by atoms with van der Waals surface area (Å²) >= 11 is 0. The molecular formula is C17H18N2O6S. The lowest BCUT2D eigenvalue weighted by atomic mass is 9.89. The number of amides is 1. The molecule has 0 radical (unpaired) electrons. The summed E-state index contributed by atoms with van der Waals surface area (Å²) < 4.78 is 29.9. The molecule has 2 aromatic rings. The predicted octanol–water partition coefficient (Wildman–Crippen LogP) is 1.15. The quantitative estimate of drug-likeness (QED) is 0.806. The molecule has 1 aromatic carbocycles. The minimum atomic E-state index is -3.37. The number of fused-ring (bicyclic) bond motifs is 1. The van der Waals surface area contributed by atoms with Crippen LogP contribution in [0.5, 0.6) is 0 Å². The maximum Gasteiger partial charge on any atom is 0.312 e. The van der Waals surface area contributed by atoms with Crippen LogP contribution in [0.2, 0.25) is 0 Å². The molecule has 9 heteroatoms. The van der Waals surface area contributed by atoms with E-state index in [0.29, 0.717) is 11.3 Å². The Morgan fingerprint density at radius 2 is 2.00 bits per heavy atom. The highest BCUT2D eigenvalue weighted by Crippen LogP contribution is 2.29. The van der Waals surface area contributed by atoms with Gasteiger partial charge in [-0.15, -0.1) is 0 Å². The van der Waals surface area contributed by atoms with Crippen molar-refractivity contribution in [2.24, 2.45) is 0 Å². The predicted molar refractivity (Wildman–Crippen MR) is 92.0 cm³/mol. The van der Waals surface area contributed by atoms with Gasteiger partial charge in [0.2, 0.25) is 10.0 Å². The highest BCUT2D eigenvalue weighted by atomic mass is 32.2. The summed E-state index contributed by atoms with van der Waals surface area (Å²) in [4.78, 5) is 25.7. The molecule has 138 valence electrons. The Kier molecular flexibility index (Phi) is 4.84. The number of sulfonamides is 1. The molecule has 2 heterocycles. The number of rotatable bonds is 5. The number of furan rings is 1. The number of carbonyl (C=O) groups excluding carboxylic acids is 1. The first kappa shape index (κ1) is 18.2. The van der Waals surface area contributed by atoms with Crippen molar-refractivity contribution in [2.45, 2.75) is 19.0 Å². The standard InChI is InChI=1S/C17H18N2O6S/c1-26(23,24)18-8-12-6-7-15(25-12)16(20)19-9-11-4-2-3-5-13(11)14(10-19)17(21)22/h2-7,14,18H,8-10H2,1H3,(H,21,22). The van der Waals surface area contributed by atoms with E-state index >= 15 is 0 Å². The van der Waals surface area contributed by atoms with Gasteiger partial charge in [0, 0.05) is 13.1 Å². The summed E-state index contributed by atoms with van der Waals surface area (Å²) in [5, 5.41) is 9.48. The lowest BCUT2D eigenvalue weighted by Crippen LogP contribution is -2.40. The van der Waals surface area contributed by atoms with Crippen molar-refractivity contribution in [3.63, 3.8) is 0 Å². The second kappa shape index (κ2) is 6.93. The van der Waals surface area contributed by atoms with Crippen LogP contribution >= 0.6 is 0 Å². The number of aliphatic carboxylic acids is 1. The molecular weight excluding hydrogens is 360 g/mol. The molecule has 1 amide bonds. The van der Waals surface area contributed by atoms with Gasteiger partial charge < -0.3 is 14.4 Å². The maximum absolute atomic E-state index is 12.7. The van der Waals surface area contributed by atoms with Crippen molar-refractivity contribution in [2.75, 3.05) is 12.8 Å². The van der Waals surface area contributed by atoms with E-state index in [-0.39, 0.29) is 25.4 Å². The van der Waals surface area contributed by atoms with E-state index in [0.717, 1.165) is 11.8 Å². The first-order valence-electron chi connectivity index (χ1n) is 7.88. The van der Waals surface area contributed by atoms with Crippen LogP contribution in [0, 0.1) is 0 Å². The monoisotopic (exact) mass is 378 g/mol. The summed E-state index contributed by atoms with van der Waals surface area (Å²) in [5.41, 5.74) is 1.49. The van der Waals surface area contributed by atoms with E-state index in [1.807, 2.05) is 0 Å². The molecule has 8 nitrogen and oxygen atoms in total. The molecule has 0 fully saturated rings. The van der Waals surface area contributed by atoms with Gasteiger partial charge in [0.25, 0.3) is 5.91 Å². The van der Waals surface area contributed by atoms with E-state index in [1.54, 1.807) is 24.3 Å². The van der Waals surface area contributed by atoms with Crippen LogP contribution in [0.4, 0.5) is 0 Å². The Bertz CT molecular complexity index is 950. The second-order valence-electron chi connectivity index (χ2n) is 6.13. The van der Waals surface area contributed by atoms with Gasteiger partial charge in [-0.05, 0) is 23.3 Å². The molecule has 26 heavy (non-hydrogen) atoms. The summed E-state index contributed by atoms with van der Waals surface area (Å²) in [6.45, 7) is 0.270. The smallest absolute Gasteiger partial charge is 0.312 e. The fraction of sp³-hybridized carbons (Fsp3) is 0.294. The van der Waals surface area contributed by atoms with Gasteiger partial charge in [0.05, 0.1) is 18.7 Å². The van der Waals surface area contributed by atoms with E-state index < -0.39 is 27.8 Å². The molecule has 1 atom stereocenters. The number of nitrogens with zero attached hydrogens (tertiary/aromatic N) is 1. The molecule has 0 bridgehead atoms. The van der Waals surface area contributed by atoms with Gasteiger partial charge in [0.1, 0.15) is 5.76 Å². The van der Waals surface area contributed by atoms with Crippen molar-refractivity contribution < 1.29 is 27.5 Å². The average Bonchev–Trinajstić information content (AvgIpc) is 3.06. The molecule has 1 aliphatic rings. The van der Waals surface area contributed by atoms with Crippen molar-refractivity contribution >= 4 is 21.9 Å². The molecule has 0 aliphatic carbocycles.